The molecule has 90 valence electrons. The smallest absolute Gasteiger partial charge is 0.0167 e. The van der Waals surface area contributed by atoms with Gasteiger partial charge in [0.05, 0.1) is 0 Å². The van der Waals surface area contributed by atoms with Crippen molar-refractivity contribution in [2.75, 3.05) is 19.6 Å². The first-order valence-electron chi connectivity index (χ1n) is 6.57. The molecule has 1 fully saturated rings. The molecule has 2 atom stereocenters. The minimum absolute atomic E-state index is 0.672. The molecule has 1 heterocycles. The van der Waals surface area contributed by atoms with Crippen molar-refractivity contribution >= 4 is 0 Å². The second-order valence-corrected chi connectivity index (χ2v) is 5.52. The summed E-state index contributed by atoms with van der Waals surface area (Å²) in [4.78, 5) is 2.64. The van der Waals surface area contributed by atoms with Gasteiger partial charge >= 0.3 is 0 Å². The molecule has 0 saturated carbocycles. The molecule has 0 aliphatic carbocycles. The number of hydrogen-bond donors (Lipinski definition) is 1. The molecule has 0 amide bonds. The Balaban J connectivity index is 2.17. The highest BCUT2D eigenvalue weighted by Gasteiger charge is 2.19. The van der Waals surface area contributed by atoms with E-state index >= 15 is 0 Å². The van der Waals surface area contributed by atoms with Crippen LogP contribution in [0.25, 0.3) is 0 Å². The van der Waals surface area contributed by atoms with E-state index < -0.39 is 0 Å². The molecule has 0 aromatic rings. The Bertz CT molecular complexity index is 168. The van der Waals surface area contributed by atoms with Crippen LogP contribution in [0.15, 0.2) is 0 Å². The van der Waals surface area contributed by atoms with Crippen molar-refractivity contribution in [2.45, 2.75) is 59.0 Å². The van der Waals surface area contributed by atoms with Crippen LogP contribution in [-0.4, -0.2) is 36.6 Å². The monoisotopic (exact) mass is 212 g/mol. The number of nitrogens with zero attached hydrogens (tertiary/aromatic N) is 1. The van der Waals surface area contributed by atoms with Gasteiger partial charge in [0.15, 0.2) is 0 Å². The molecule has 2 heteroatoms. The first-order chi connectivity index (χ1) is 7.09. The molecule has 1 rings (SSSR count). The van der Waals surface area contributed by atoms with E-state index in [0.29, 0.717) is 6.04 Å². The first-order valence-corrected chi connectivity index (χ1v) is 6.57. The van der Waals surface area contributed by atoms with Crippen LogP contribution in [0, 0.1) is 5.92 Å². The molecule has 0 aromatic carbocycles. The van der Waals surface area contributed by atoms with E-state index in [-0.39, 0.29) is 0 Å². The highest BCUT2D eigenvalue weighted by Crippen LogP contribution is 2.13. The average molecular weight is 212 g/mol. The van der Waals surface area contributed by atoms with Crippen LogP contribution in [-0.2, 0) is 0 Å². The van der Waals surface area contributed by atoms with Gasteiger partial charge in [0.25, 0.3) is 0 Å². The van der Waals surface area contributed by atoms with Crippen LogP contribution in [0.2, 0.25) is 0 Å². The number of rotatable bonds is 5. The molecule has 0 radical (unpaired) electrons. The Labute approximate surface area is 95.4 Å². The fourth-order valence-electron chi connectivity index (χ4n) is 2.37. The number of nitrogens with one attached hydrogen (secondary N) is 1. The lowest BCUT2D eigenvalue weighted by Crippen LogP contribution is -2.52. The second-order valence-electron chi connectivity index (χ2n) is 5.52. The molecule has 0 aromatic heterocycles. The predicted octanol–water partition coefficient (Wildman–Crippen LogP) is 2.49. The predicted molar refractivity (Wildman–Crippen MR) is 67.2 cm³/mol. The molecule has 15 heavy (non-hydrogen) atoms. The van der Waals surface area contributed by atoms with Crippen molar-refractivity contribution in [3.05, 3.63) is 0 Å². The highest BCUT2D eigenvalue weighted by molar-refractivity contribution is 4.78. The number of piperazine rings is 1. The van der Waals surface area contributed by atoms with Crippen molar-refractivity contribution in [3.63, 3.8) is 0 Å². The van der Waals surface area contributed by atoms with Crippen LogP contribution < -0.4 is 5.32 Å². The van der Waals surface area contributed by atoms with Crippen molar-refractivity contribution in [3.8, 4) is 0 Å². The van der Waals surface area contributed by atoms with Crippen LogP contribution >= 0.6 is 0 Å². The fourth-order valence-corrected chi connectivity index (χ4v) is 2.37. The van der Waals surface area contributed by atoms with Crippen molar-refractivity contribution in [1.29, 1.82) is 0 Å². The molecule has 1 aliphatic heterocycles. The second kappa shape index (κ2) is 6.49. The van der Waals surface area contributed by atoms with Crippen LogP contribution in [0.3, 0.4) is 0 Å². The van der Waals surface area contributed by atoms with Crippen LogP contribution in [0.1, 0.15) is 47.0 Å². The molecule has 1 aliphatic rings. The molecule has 0 spiro atoms. The van der Waals surface area contributed by atoms with E-state index in [2.05, 4.69) is 37.9 Å². The summed E-state index contributed by atoms with van der Waals surface area (Å²) in [7, 11) is 0. The highest BCUT2D eigenvalue weighted by atomic mass is 15.2. The van der Waals surface area contributed by atoms with Gasteiger partial charge in [-0.1, -0.05) is 26.7 Å². The largest absolute Gasteiger partial charge is 0.312 e. The lowest BCUT2D eigenvalue weighted by molar-refractivity contribution is 0.149. The zero-order chi connectivity index (χ0) is 11.3. The quantitative estimate of drug-likeness (QED) is 0.753. The maximum absolute atomic E-state index is 3.50. The maximum atomic E-state index is 3.50. The van der Waals surface area contributed by atoms with Gasteiger partial charge in [-0.3, -0.25) is 4.90 Å². The lowest BCUT2D eigenvalue weighted by atomic mass is 10.0. The third kappa shape index (κ3) is 4.98. The minimum atomic E-state index is 0.672. The van der Waals surface area contributed by atoms with Gasteiger partial charge in [0.2, 0.25) is 0 Å². The van der Waals surface area contributed by atoms with Gasteiger partial charge in [-0.25, -0.2) is 0 Å². The van der Waals surface area contributed by atoms with E-state index in [4.69, 9.17) is 0 Å². The molecule has 1 saturated heterocycles. The van der Waals surface area contributed by atoms with Gasteiger partial charge in [-0.05, 0) is 26.2 Å². The Morgan fingerprint density at radius 2 is 2.00 bits per heavy atom. The van der Waals surface area contributed by atoms with Crippen LogP contribution in [0.4, 0.5) is 0 Å². The molecule has 1 N–H and O–H groups in total. The Morgan fingerprint density at radius 3 is 2.60 bits per heavy atom. The molecular weight excluding hydrogens is 184 g/mol. The fraction of sp³-hybridized carbons (Fsp3) is 1.00. The normalized spacial score (nSPS) is 25.8. The minimum Gasteiger partial charge on any atom is -0.312 e. The standard InChI is InChI=1S/C13H28N2/c1-11(2)6-5-7-13(4)15-9-8-14-12(3)10-15/h11-14H,5-10H2,1-4H3. The summed E-state index contributed by atoms with van der Waals surface area (Å²) in [5.41, 5.74) is 0. The van der Waals surface area contributed by atoms with Crippen molar-refractivity contribution < 1.29 is 0 Å². The first kappa shape index (κ1) is 13.0. The Hall–Kier alpha value is -0.0800. The van der Waals surface area contributed by atoms with E-state index in [1.54, 1.807) is 0 Å². The summed E-state index contributed by atoms with van der Waals surface area (Å²) < 4.78 is 0. The molecule has 0 bridgehead atoms. The third-order valence-electron chi connectivity index (χ3n) is 3.43. The maximum Gasteiger partial charge on any atom is 0.0167 e. The average Bonchev–Trinajstić information content (AvgIpc) is 2.17. The van der Waals surface area contributed by atoms with E-state index in [1.807, 2.05) is 0 Å². The molecule has 2 nitrogen and oxygen atoms in total. The summed E-state index contributed by atoms with van der Waals surface area (Å²) in [6.07, 6.45) is 4.13. The van der Waals surface area contributed by atoms with Crippen molar-refractivity contribution in [1.82, 2.24) is 10.2 Å². The van der Waals surface area contributed by atoms with E-state index in [0.717, 1.165) is 18.5 Å². The Kier molecular flexibility index (Phi) is 5.62. The lowest BCUT2D eigenvalue weighted by Gasteiger charge is -2.36. The van der Waals surface area contributed by atoms with Gasteiger partial charge < -0.3 is 5.32 Å². The van der Waals surface area contributed by atoms with E-state index in [9.17, 15) is 0 Å². The summed E-state index contributed by atoms with van der Waals surface area (Å²) in [6, 6.07) is 1.44. The Morgan fingerprint density at radius 1 is 1.27 bits per heavy atom. The SMILES string of the molecule is CC(C)CCCC(C)N1CCNC(C)C1. The third-order valence-corrected chi connectivity index (χ3v) is 3.43. The van der Waals surface area contributed by atoms with E-state index in [1.165, 1.54) is 32.4 Å². The summed E-state index contributed by atoms with van der Waals surface area (Å²) in [6.45, 7) is 12.9. The van der Waals surface area contributed by atoms with Crippen molar-refractivity contribution in [2.24, 2.45) is 5.92 Å². The zero-order valence-electron chi connectivity index (χ0n) is 10.9. The van der Waals surface area contributed by atoms with Crippen LogP contribution in [0.5, 0.6) is 0 Å². The summed E-state index contributed by atoms with van der Waals surface area (Å²) >= 11 is 0. The summed E-state index contributed by atoms with van der Waals surface area (Å²) in [5, 5.41) is 3.50. The summed E-state index contributed by atoms with van der Waals surface area (Å²) in [5.74, 6) is 0.860. The van der Waals surface area contributed by atoms with Gasteiger partial charge in [0, 0.05) is 31.7 Å². The van der Waals surface area contributed by atoms with Gasteiger partial charge in [0.1, 0.15) is 0 Å². The topological polar surface area (TPSA) is 15.3 Å². The number of hydrogen-bond acceptors (Lipinski definition) is 2. The molecule has 2 unspecified atom stereocenters. The zero-order valence-corrected chi connectivity index (χ0v) is 10.9. The van der Waals surface area contributed by atoms with Gasteiger partial charge in [-0.2, -0.15) is 0 Å². The van der Waals surface area contributed by atoms with Gasteiger partial charge in [-0.15, -0.1) is 0 Å². The molecular formula is C13H28N2.